The van der Waals surface area contributed by atoms with E-state index in [1.165, 1.54) is 6.42 Å². The van der Waals surface area contributed by atoms with Crippen molar-refractivity contribution >= 4 is 8.46 Å². The molecule has 0 N–H and O–H groups in total. The predicted octanol–water partition coefficient (Wildman–Crippen LogP) is 3.10. The normalized spacial score (nSPS) is 12.3. The van der Waals surface area contributed by atoms with Crippen LogP contribution >= 0.6 is 8.46 Å². The molecular weight excluding hydrogens is 131 g/mol. The first kappa shape index (κ1) is 9.10. The van der Waals surface area contributed by atoms with Crippen LogP contribution in [0.2, 0.25) is 0 Å². The van der Waals surface area contributed by atoms with Gasteiger partial charge in [-0.15, -0.1) is 0 Å². The van der Waals surface area contributed by atoms with Gasteiger partial charge in [-0.3, -0.25) is 4.57 Å². The molecule has 0 rings (SSSR count). The van der Waals surface area contributed by atoms with Crippen LogP contribution in [0.5, 0.6) is 0 Å². The summed E-state index contributed by atoms with van der Waals surface area (Å²) in [4.78, 5) is 0. The van der Waals surface area contributed by atoms with E-state index in [-0.39, 0.29) is 0 Å². The Morgan fingerprint density at radius 3 is 2.22 bits per heavy atom. The first-order chi connectivity index (χ1) is 4.06. The average molecular weight is 146 g/mol. The van der Waals surface area contributed by atoms with Gasteiger partial charge in [0.15, 0.2) is 8.46 Å². The Labute approximate surface area is 59.0 Å². The summed E-state index contributed by atoms with van der Waals surface area (Å²) in [5, 5.41) is 0. The Kier molecular flexibility index (Phi) is 4.05. The van der Waals surface area contributed by atoms with E-state index in [1.807, 2.05) is 0 Å². The lowest BCUT2D eigenvalue weighted by molar-refractivity contribution is 0.374. The summed E-state index contributed by atoms with van der Waals surface area (Å²) in [7, 11) is 0.293. The van der Waals surface area contributed by atoms with Crippen molar-refractivity contribution in [2.75, 3.05) is 6.16 Å². The van der Waals surface area contributed by atoms with E-state index in [9.17, 15) is 4.57 Å². The number of rotatable bonds is 3. The van der Waals surface area contributed by atoms with E-state index in [0.29, 0.717) is 13.9 Å². The second-order valence-corrected chi connectivity index (χ2v) is 4.22. The highest BCUT2D eigenvalue weighted by atomic mass is 31.1. The van der Waals surface area contributed by atoms with Crippen LogP contribution < -0.4 is 0 Å². The van der Waals surface area contributed by atoms with E-state index >= 15 is 0 Å². The van der Waals surface area contributed by atoms with Gasteiger partial charge in [0.1, 0.15) is 0 Å². The van der Waals surface area contributed by atoms with Crippen molar-refractivity contribution in [1.82, 2.24) is 0 Å². The smallest absolute Gasteiger partial charge is 0.155 e. The van der Waals surface area contributed by atoms with Gasteiger partial charge < -0.3 is 0 Å². The van der Waals surface area contributed by atoms with Crippen molar-refractivity contribution in [3.05, 3.63) is 0 Å². The molecule has 0 saturated heterocycles. The third kappa shape index (κ3) is 8.10. The Morgan fingerprint density at radius 1 is 1.33 bits per heavy atom. The minimum atomic E-state index is 0.293. The molecule has 0 aliphatic heterocycles. The average Bonchev–Trinajstić information content (AvgIpc) is 1.63. The third-order valence-electron chi connectivity index (χ3n) is 1.18. The lowest BCUT2D eigenvalue weighted by Crippen LogP contribution is -2.04. The molecule has 0 aromatic heterocycles. The first-order valence-corrected chi connectivity index (χ1v) is 4.35. The van der Waals surface area contributed by atoms with E-state index in [0.717, 1.165) is 12.6 Å². The molecule has 0 spiro atoms. The molecule has 0 heterocycles. The largest absolute Gasteiger partial charge is 0.275 e. The molecule has 0 saturated carbocycles. The molecule has 9 heavy (non-hydrogen) atoms. The minimum Gasteiger partial charge on any atom is -0.275 e. The van der Waals surface area contributed by atoms with Gasteiger partial charge in [-0.25, -0.2) is 0 Å². The minimum absolute atomic E-state index is 0.293. The van der Waals surface area contributed by atoms with Crippen molar-refractivity contribution in [3.63, 3.8) is 0 Å². The van der Waals surface area contributed by atoms with Crippen LogP contribution in [0.4, 0.5) is 0 Å². The summed E-state index contributed by atoms with van der Waals surface area (Å²) < 4.78 is 9.99. The van der Waals surface area contributed by atoms with Gasteiger partial charge in [-0.2, -0.15) is 0 Å². The Balaban J connectivity index is 3.17. The van der Waals surface area contributed by atoms with Crippen LogP contribution in [-0.4, -0.2) is 6.16 Å². The zero-order valence-electron chi connectivity index (χ0n) is 6.48. The Morgan fingerprint density at radius 2 is 1.89 bits per heavy atom. The maximum atomic E-state index is 9.99. The fourth-order valence-electron chi connectivity index (χ4n) is 0.674. The van der Waals surface area contributed by atoms with Gasteiger partial charge in [0.25, 0.3) is 0 Å². The molecule has 0 fully saturated rings. The summed E-state index contributed by atoms with van der Waals surface area (Å²) in [5.41, 5.74) is 0.407. The van der Waals surface area contributed by atoms with Gasteiger partial charge in [0.05, 0.1) is 0 Å². The summed E-state index contributed by atoms with van der Waals surface area (Å²) in [6, 6.07) is 0. The molecule has 2 heteroatoms. The molecular formula is C7H15OP. The summed E-state index contributed by atoms with van der Waals surface area (Å²) in [5.74, 6) is 0. The predicted molar refractivity (Wildman–Crippen MR) is 41.2 cm³/mol. The van der Waals surface area contributed by atoms with E-state index in [2.05, 4.69) is 20.8 Å². The molecule has 0 aliphatic carbocycles. The van der Waals surface area contributed by atoms with Crippen LogP contribution in [-0.2, 0) is 4.57 Å². The maximum absolute atomic E-state index is 9.99. The summed E-state index contributed by atoms with van der Waals surface area (Å²) >= 11 is 0. The SMILES string of the molecule is CC(C)(C)CCCP=O. The quantitative estimate of drug-likeness (QED) is 0.441. The molecule has 0 aromatic rings. The van der Waals surface area contributed by atoms with Crippen LogP contribution in [0.25, 0.3) is 0 Å². The first-order valence-electron chi connectivity index (χ1n) is 3.35. The molecule has 0 aliphatic rings. The fraction of sp³-hybridized carbons (Fsp3) is 1.00. The fourth-order valence-corrected chi connectivity index (χ4v) is 0.961. The van der Waals surface area contributed by atoms with Crippen molar-refractivity contribution in [2.45, 2.75) is 33.6 Å². The van der Waals surface area contributed by atoms with Gasteiger partial charge in [-0.05, 0) is 18.3 Å². The van der Waals surface area contributed by atoms with Crippen molar-refractivity contribution in [1.29, 1.82) is 0 Å². The summed E-state index contributed by atoms with van der Waals surface area (Å²) in [6.07, 6.45) is 3.06. The van der Waals surface area contributed by atoms with Crippen LogP contribution in [0.1, 0.15) is 33.6 Å². The highest BCUT2D eigenvalue weighted by Crippen LogP contribution is 2.21. The van der Waals surface area contributed by atoms with Crippen molar-refractivity contribution in [3.8, 4) is 0 Å². The highest BCUT2D eigenvalue weighted by Gasteiger charge is 2.08. The lowest BCUT2D eigenvalue weighted by Gasteiger charge is -2.16. The van der Waals surface area contributed by atoms with Crippen LogP contribution in [0.15, 0.2) is 0 Å². The Bertz CT molecular complexity index is 83.4. The van der Waals surface area contributed by atoms with Crippen LogP contribution in [0.3, 0.4) is 0 Å². The maximum Gasteiger partial charge on any atom is 0.155 e. The lowest BCUT2D eigenvalue weighted by atomic mass is 9.91. The zero-order valence-corrected chi connectivity index (χ0v) is 7.37. The van der Waals surface area contributed by atoms with Crippen molar-refractivity contribution in [2.24, 2.45) is 5.41 Å². The van der Waals surface area contributed by atoms with Gasteiger partial charge >= 0.3 is 0 Å². The third-order valence-corrected chi connectivity index (χ3v) is 1.67. The number of hydrogen-bond donors (Lipinski definition) is 0. The second kappa shape index (κ2) is 4.00. The van der Waals surface area contributed by atoms with E-state index in [4.69, 9.17) is 0 Å². The highest BCUT2D eigenvalue weighted by molar-refractivity contribution is 7.23. The molecule has 0 amide bonds. The second-order valence-electron chi connectivity index (χ2n) is 3.52. The molecule has 0 aromatic carbocycles. The molecule has 0 bridgehead atoms. The van der Waals surface area contributed by atoms with E-state index < -0.39 is 0 Å². The molecule has 0 unspecified atom stereocenters. The molecule has 0 atom stereocenters. The van der Waals surface area contributed by atoms with Crippen LogP contribution in [0, 0.1) is 5.41 Å². The van der Waals surface area contributed by atoms with Gasteiger partial charge in [0, 0.05) is 6.16 Å². The topological polar surface area (TPSA) is 17.1 Å². The molecule has 54 valence electrons. The molecule has 0 radical (unpaired) electrons. The molecule has 1 nitrogen and oxygen atoms in total. The zero-order chi connectivity index (χ0) is 7.33. The Hall–Kier alpha value is 0.100. The van der Waals surface area contributed by atoms with Gasteiger partial charge in [-0.1, -0.05) is 20.8 Å². The monoisotopic (exact) mass is 146 g/mol. The number of hydrogen-bond acceptors (Lipinski definition) is 1. The van der Waals surface area contributed by atoms with Gasteiger partial charge in [0.2, 0.25) is 0 Å². The van der Waals surface area contributed by atoms with E-state index in [1.54, 1.807) is 0 Å². The summed E-state index contributed by atoms with van der Waals surface area (Å²) in [6.45, 7) is 6.61. The standard InChI is InChI=1S/C7H15OP/c1-7(2,3)5-4-6-9-8/h4-6H2,1-3H3. The van der Waals surface area contributed by atoms with Crippen molar-refractivity contribution < 1.29 is 4.57 Å².